The van der Waals surface area contributed by atoms with Crippen LogP contribution in [0.1, 0.15) is 21.5 Å². The van der Waals surface area contributed by atoms with Gasteiger partial charge in [0.1, 0.15) is 0 Å². The molecule has 152 valence electrons. The molecule has 0 spiro atoms. The van der Waals surface area contributed by atoms with Crippen molar-refractivity contribution in [2.45, 2.75) is 6.18 Å². The third-order valence-corrected chi connectivity index (χ3v) is 3.95. The number of carbonyl (C=O) groups excluding carboxylic acids is 2. The molecule has 0 bridgehead atoms. The normalized spacial score (nSPS) is 11.6. The Balaban J connectivity index is 1.81. The van der Waals surface area contributed by atoms with Crippen LogP contribution in [0.5, 0.6) is 0 Å². The number of amides is 1. The van der Waals surface area contributed by atoms with Crippen LogP contribution in [0.3, 0.4) is 0 Å². The Morgan fingerprint density at radius 3 is 2.00 bits per heavy atom. The molecule has 0 aliphatic heterocycles. The van der Waals surface area contributed by atoms with E-state index in [1.54, 1.807) is 60.7 Å². The number of rotatable bonds is 5. The van der Waals surface area contributed by atoms with Gasteiger partial charge < -0.3 is 0 Å². The molecule has 1 amide bonds. The number of halogens is 3. The van der Waals surface area contributed by atoms with Crippen LogP contribution in [0.25, 0.3) is 0 Å². The molecule has 0 radical (unpaired) electrons. The minimum atomic E-state index is -4.55. The Hall–Kier alpha value is -3.94. The van der Waals surface area contributed by atoms with Crippen molar-refractivity contribution in [1.29, 1.82) is 0 Å². The number of Topliss-reactive ketones (excluding diaryl/α,β-unsaturated/α-hetero) is 1. The van der Waals surface area contributed by atoms with Crippen molar-refractivity contribution in [2.75, 3.05) is 5.32 Å². The SMILES string of the molecule is O=C(Nc1cccc(C(F)(F)F)c1)O/N=C(/C(=O)c1ccccc1)c1ccccc1. The number of alkyl halides is 3. The lowest BCUT2D eigenvalue weighted by atomic mass is 10.0. The highest BCUT2D eigenvalue weighted by Gasteiger charge is 2.30. The van der Waals surface area contributed by atoms with E-state index in [9.17, 15) is 22.8 Å². The van der Waals surface area contributed by atoms with Crippen molar-refractivity contribution >= 4 is 23.3 Å². The minimum absolute atomic E-state index is 0.124. The Labute approximate surface area is 169 Å². The van der Waals surface area contributed by atoms with Crippen molar-refractivity contribution in [3.63, 3.8) is 0 Å². The van der Waals surface area contributed by atoms with Gasteiger partial charge in [0.2, 0.25) is 5.78 Å². The van der Waals surface area contributed by atoms with Crippen LogP contribution in [0.2, 0.25) is 0 Å². The second-order valence-corrected chi connectivity index (χ2v) is 6.08. The second-order valence-electron chi connectivity index (χ2n) is 6.08. The lowest BCUT2D eigenvalue weighted by Crippen LogP contribution is -2.19. The number of ketones is 1. The van der Waals surface area contributed by atoms with E-state index in [4.69, 9.17) is 4.84 Å². The van der Waals surface area contributed by atoms with Gasteiger partial charge in [0.25, 0.3) is 0 Å². The molecule has 30 heavy (non-hydrogen) atoms. The standard InChI is InChI=1S/C22H15F3N2O3/c23-22(24,25)17-12-7-13-18(14-17)26-21(29)30-27-19(15-8-3-1-4-9-15)20(28)16-10-5-2-6-11-16/h1-14H,(H,26,29)/b27-19+. The van der Waals surface area contributed by atoms with E-state index in [2.05, 4.69) is 10.5 Å². The molecule has 0 aromatic heterocycles. The zero-order valence-corrected chi connectivity index (χ0v) is 15.4. The van der Waals surface area contributed by atoms with E-state index in [-0.39, 0.29) is 11.4 Å². The average Bonchev–Trinajstić information content (AvgIpc) is 2.75. The smallest absolute Gasteiger partial charge is 0.297 e. The molecule has 0 unspecified atom stereocenters. The van der Waals surface area contributed by atoms with Crippen LogP contribution in [0.15, 0.2) is 90.1 Å². The van der Waals surface area contributed by atoms with Crippen molar-refractivity contribution in [1.82, 2.24) is 0 Å². The molecule has 3 rings (SSSR count). The van der Waals surface area contributed by atoms with E-state index in [0.717, 1.165) is 18.2 Å². The lowest BCUT2D eigenvalue weighted by Gasteiger charge is -2.09. The summed E-state index contributed by atoms with van der Waals surface area (Å²) in [6.45, 7) is 0. The lowest BCUT2D eigenvalue weighted by molar-refractivity contribution is -0.137. The maximum atomic E-state index is 12.8. The predicted octanol–water partition coefficient (Wildman–Crippen LogP) is 5.54. The van der Waals surface area contributed by atoms with Crippen LogP contribution in [-0.2, 0) is 11.0 Å². The summed E-state index contributed by atoms with van der Waals surface area (Å²) in [4.78, 5) is 29.6. The highest BCUT2D eigenvalue weighted by molar-refractivity contribution is 6.51. The number of hydrogen-bond donors (Lipinski definition) is 1. The second kappa shape index (κ2) is 9.04. The molecule has 8 heteroatoms. The maximum Gasteiger partial charge on any atom is 0.437 e. The number of nitrogens with one attached hydrogen (secondary N) is 1. The van der Waals surface area contributed by atoms with Crippen molar-refractivity contribution in [3.8, 4) is 0 Å². The van der Waals surface area contributed by atoms with Gasteiger partial charge in [-0.05, 0) is 18.2 Å². The summed E-state index contributed by atoms with van der Waals surface area (Å²) in [7, 11) is 0. The Kier molecular flexibility index (Phi) is 6.26. The summed E-state index contributed by atoms with van der Waals surface area (Å²) in [5, 5.41) is 5.83. The number of oxime groups is 1. The van der Waals surface area contributed by atoms with E-state index in [0.29, 0.717) is 11.1 Å². The van der Waals surface area contributed by atoms with Gasteiger partial charge in [-0.25, -0.2) is 4.79 Å². The third-order valence-electron chi connectivity index (χ3n) is 3.95. The molecular weight excluding hydrogens is 397 g/mol. The first kappa shape index (κ1) is 20.8. The van der Waals surface area contributed by atoms with Gasteiger partial charge in [-0.15, -0.1) is 0 Å². The number of carbonyl (C=O) groups is 2. The van der Waals surface area contributed by atoms with Crippen LogP contribution in [0.4, 0.5) is 23.7 Å². The highest BCUT2D eigenvalue weighted by Crippen LogP contribution is 2.30. The third kappa shape index (κ3) is 5.32. The van der Waals surface area contributed by atoms with Crippen LogP contribution in [-0.4, -0.2) is 17.6 Å². The minimum Gasteiger partial charge on any atom is -0.297 e. The van der Waals surface area contributed by atoms with E-state index < -0.39 is 23.6 Å². The number of hydrogen-bond acceptors (Lipinski definition) is 4. The summed E-state index contributed by atoms with van der Waals surface area (Å²) in [6, 6.07) is 20.7. The molecule has 3 aromatic rings. The number of anilines is 1. The summed E-state index contributed by atoms with van der Waals surface area (Å²) >= 11 is 0. The molecule has 0 fully saturated rings. The van der Waals surface area contributed by atoms with Gasteiger partial charge >= 0.3 is 12.3 Å². The molecule has 0 aliphatic carbocycles. The zero-order valence-electron chi connectivity index (χ0n) is 15.4. The van der Waals surface area contributed by atoms with Gasteiger partial charge in [-0.2, -0.15) is 13.2 Å². The first-order chi connectivity index (χ1) is 14.3. The van der Waals surface area contributed by atoms with E-state index >= 15 is 0 Å². The van der Waals surface area contributed by atoms with Gasteiger partial charge in [0.05, 0.1) is 5.56 Å². The van der Waals surface area contributed by atoms with E-state index in [1.165, 1.54) is 6.07 Å². The Morgan fingerprint density at radius 1 is 0.800 bits per heavy atom. The molecule has 5 nitrogen and oxygen atoms in total. The van der Waals surface area contributed by atoms with Crippen LogP contribution in [0, 0.1) is 0 Å². The quantitative estimate of drug-likeness (QED) is 0.259. The van der Waals surface area contributed by atoms with Gasteiger partial charge in [-0.1, -0.05) is 71.9 Å². The summed E-state index contributed by atoms with van der Waals surface area (Å²) in [5.41, 5.74) is -0.421. The van der Waals surface area contributed by atoms with Crippen LogP contribution < -0.4 is 5.32 Å². The fraction of sp³-hybridized carbons (Fsp3) is 0.0455. The summed E-state index contributed by atoms with van der Waals surface area (Å²) < 4.78 is 38.4. The molecule has 0 heterocycles. The highest BCUT2D eigenvalue weighted by atomic mass is 19.4. The topological polar surface area (TPSA) is 67.8 Å². The number of benzene rings is 3. The van der Waals surface area contributed by atoms with Crippen molar-refractivity contribution in [2.24, 2.45) is 5.16 Å². The largest absolute Gasteiger partial charge is 0.437 e. The molecule has 0 atom stereocenters. The molecule has 3 aromatic carbocycles. The number of nitrogens with zero attached hydrogens (tertiary/aromatic N) is 1. The Bertz CT molecular complexity index is 1070. The van der Waals surface area contributed by atoms with Crippen LogP contribution >= 0.6 is 0 Å². The van der Waals surface area contributed by atoms with Gasteiger partial charge in [0.15, 0.2) is 5.71 Å². The summed E-state index contributed by atoms with van der Waals surface area (Å²) in [6.07, 6.45) is -5.69. The molecular formula is C22H15F3N2O3. The molecule has 0 saturated carbocycles. The monoisotopic (exact) mass is 412 g/mol. The van der Waals surface area contributed by atoms with Gasteiger partial charge in [0, 0.05) is 16.8 Å². The fourth-order valence-electron chi connectivity index (χ4n) is 2.55. The Morgan fingerprint density at radius 2 is 1.40 bits per heavy atom. The molecule has 0 aliphatic rings. The van der Waals surface area contributed by atoms with Crippen molar-refractivity contribution in [3.05, 3.63) is 102 Å². The fourth-order valence-corrected chi connectivity index (χ4v) is 2.55. The van der Waals surface area contributed by atoms with Crippen molar-refractivity contribution < 1.29 is 27.6 Å². The average molecular weight is 412 g/mol. The molecule has 0 saturated heterocycles. The van der Waals surface area contributed by atoms with E-state index in [1.807, 2.05) is 0 Å². The van der Waals surface area contributed by atoms with Gasteiger partial charge in [-0.3, -0.25) is 14.9 Å². The predicted molar refractivity (Wildman–Crippen MR) is 105 cm³/mol. The summed E-state index contributed by atoms with van der Waals surface area (Å²) in [5.74, 6) is -0.478. The zero-order chi connectivity index (χ0) is 21.6. The maximum absolute atomic E-state index is 12.8. The first-order valence-electron chi connectivity index (χ1n) is 8.73. The molecule has 1 N–H and O–H groups in total. The first-order valence-corrected chi connectivity index (χ1v) is 8.73.